The number of ether oxygens (including phenoxy) is 1. The zero-order valence-corrected chi connectivity index (χ0v) is 19.4. The molecule has 1 amide bonds. The lowest BCUT2D eigenvalue weighted by molar-refractivity contribution is -0.128. The van der Waals surface area contributed by atoms with Crippen LogP contribution in [0.25, 0.3) is 11.1 Å². The van der Waals surface area contributed by atoms with Crippen LogP contribution in [0.3, 0.4) is 0 Å². The lowest BCUT2D eigenvalue weighted by atomic mass is 9.99. The highest BCUT2D eigenvalue weighted by atomic mass is 35.5. The van der Waals surface area contributed by atoms with Crippen molar-refractivity contribution in [2.24, 2.45) is 0 Å². The van der Waals surface area contributed by atoms with Crippen LogP contribution >= 0.6 is 11.6 Å². The number of rotatable bonds is 7. The van der Waals surface area contributed by atoms with Crippen LogP contribution in [0.2, 0.25) is 5.02 Å². The van der Waals surface area contributed by atoms with Crippen LogP contribution in [-0.2, 0) is 17.9 Å². The Hall–Kier alpha value is -2.89. The van der Waals surface area contributed by atoms with Gasteiger partial charge < -0.3 is 10.1 Å². The number of likely N-dealkylation sites (tertiary alicyclic amines) is 1. The molecule has 3 aromatic rings. The molecule has 0 aromatic heterocycles. The van der Waals surface area contributed by atoms with E-state index in [0.717, 1.165) is 48.1 Å². The number of amides is 1. The molecule has 1 aliphatic rings. The van der Waals surface area contributed by atoms with Gasteiger partial charge in [0, 0.05) is 23.7 Å². The predicted octanol–water partition coefficient (Wildman–Crippen LogP) is 5.83. The van der Waals surface area contributed by atoms with Crippen molar-refractivity contribution in [1.82, 2.24) is 10.2 Å². The number of methoxy groups -OCH3 is 1. The average Bonchev–Trinajstić information content (AvgIpc) is 2.84. The first kappa shape index (κ1) is 23.3. The standard InChI is InChI=1S/C27H28ClFN2O2/c1-33-26-14-13-23(29)16-24(26)21-9-5-20(6-10-21)18-31-15-3-2-4-25(31)27(32)30-17-19-7-11-22(28)12-8-19/h5-14,16,25H,2-4,15,17-18H2,1H3,(H,30,32). The Kier molecular flexibility index (Phi) is 7.63. The van der Waals surface area contributed by atoms with E-state index in [-0.39, 0.29) is 17.8 Å². The molecule has 0 bridgehead atoms. The molecular weight excluding hydrogens is 439 g/mol. The summed E-state index contributed by atoms with van der Waals surface area (Å²) in [7, 11) is 1.58. The maximum absolute atomic E-state index is 13.8. The molecule has 0 saturated carbocycles. The summed E-state index contributed by atoms with van der Waals surface area (Å²) in [5.41, 5.74) is 3.76. The SMILES string of the molecule is COc1ccc(F)cc1-c1ccc(CN2CCCCC2C(=O)NCc2ccc(Cl)cc2)cc1. The van der Waals surface area contributed by atoms with Gasteiger partial charge in [-0.15, -0.1) is 0 Å². The second-order valence-corrected chi connectivity index (χ2v) is 8.80. The molecular formula is C27H28ClFN2O2. The van der Waals surface area contributed by atoms with E-state index in [1.807, 2.05) is 48.5 Å². The molecule has 3 aromatic carbocycles. The lowest BCUT2D eigenvalue weighted by Gasteiger charge is -2.34. The van der Waals surface area contributed by atoms with Crippen molar-refractivity contribution in [3.05, 3.63) is 88.7 Å². The Morgan fingerprint density at radius 1 is 1.06 bits per heavy atom. The van der Waals surface area contributed by atoms with Gasteiger partial charge in [0.05, 0.1) is 13.2 Å². The lowest BCUT2D eigenvalue weighted by Crippen LogP contribution is -2.48. The molecule has 6 heteroatoms. The molecule has 33 heavy (non-hydrogen) atoms. The highest BCUT2D eigenvalue weighted by Gasteiger charge is 2.28. The zero-order valence-electron chi connectivity index (χ0n) is 18.7. The van der Waals surface area contributed by atoms with Gasteiger partial charge in [-0.05, 0) is 66.4 Å². The van der Waals surface area contributed by atoms with Gasteiger partial charge in [-0.25, -0.2) is 4.39 Å². The number of piperidine rings is 1. The third-order valence-electron chi connectivity index (χ3n) is 6.11. The minimum atomic E-state index is -0.296. The van der Waals surface area contributed by atoms with E-state index in [4.69, 9.17) is 16.3 Å². The van der Waals surface area contributed by atoms with Crippen molar-refractivity contribution in [3.63, 3.8) is 0 Å². The Balaban J connectivity index is 1.42. The van der Waals surface area contributed by atoms with Crippen molar-refractivity contribution >= 4 is 17.5 Å². The van der Waals surface area contributed by atoms with Crippen LogP contribution in [0.1, 0.15) is 30.4 Å². The summed E-state index contributed by atoms with van der Waals surface area (Å²) in [6.07, 6.45) is 2.98. The van der Waals surface area contributed by atoms with E-state index in [2.05, 4.69) is 10.2 Å². The van der Waals surface area contributed by atoms with Crippen LogP contribution in [0.4, 0.5) is 4.39 Å². The first-order valence-electron chi connectivity index (χ1n) is 11.2. The third kappa shape index (κ3) is 5.92. The molecule has 0 aliphatic carbocycles. The fourth-order valence-electron chi connectivity index (χ4n) is 4.32. The molecule has 1 saturated heterocycles. The molecule has 4 nitrogen and oxygen atoms in total. The van der Waals surface area contributed by atoms with Gasteiger partial charge in [0.2, 0.25) is 5.91 Å². The van der Waals surface area contributed by atoms with Gasteiger partial charge in [-0.2, -0.15) is 0 Å². The van der Waals surface area contributed by atoms with E-state index in [9.17, 15) is 9.18 Å². The van der Waals surface area contributed by atoms with E-state index < -0.39 is 0 Å². The molecule has 1 unspecified atom stereocenters. The fourth-order valence-corrected chi connectivity index (χ4v) is 4.44. The highest BCUT2D eigenvalue weighted by Crippen LogP contribution is 2.31. The molecule has 1 fully saturated rings. The highest BCUT2D eigenvalue weighted by molar-refractivity contribution is 6.30. The van der Waals surface area contributed by atoms with E-state index in [1.54, 1.807) is 13.2 Å². The molecule has 4 rings (SSSR count). The smallest absolute Gasteiger partial charge is 0.237 e. The molecule has 1 aliphatic heterocycles. The van der Waals surface area contributed by atoms with Crippen LogP contribution < -0.4 is 10.1 Å². The number of hydrogen-bond donors (Lipinski definition) is 1. The number of nitrogens with zero attached hydrogens (tertiary/aromatic N) is 1. The summed E-state index contributed by atoms with van der Waals surface area (Å²) >= 11 is 5.94. The second-order valence-electron chi connectivity index (χ2n) is 8.37. The van der Waals surface area contributed by atoms with E-state index in [1.165, 1.54) is 12.1 Å². The largest absolute Gasteiger partial charge is 0.496 e. The third-order valence-corrected chi connectivity index (χ3v) is 6.36. The average molecular weight is 467 g/mol. The van der Waals surface area contributed by atoms with E-state index >= 15 is 0 Å². The quantitative estimate of drug-likeness (QED) is 0.476. The number of carbonyl (C=O) groups excluding carboxylic acids is 1. The number of benzene rings is 3. The van der Waals surface area contributed by atoms with Gasteiger partial charge in [0.15, 0.2) is 0 Å². The Labute approximate surface area is 199 Å². The summed E-state index contributed by atoms with van der Waals surface area (Å²) < 4.78 is 19.1. The Morgan fingerprint density at radius 2 is 1.79 bits per heavy atom. The summed E-state index contributed by atoms with van der Waals surface area (Å²) in [5, 5.41) is 3.76. The maximum atomic E-state index is 13.8. The first-order valence-corrected chi connectivity index (χ1v) is 11.6. The minimum absolute atomic E-state index is 0.0609. The summed E-state index contributed by atoms with van der Waals surface area (Å²) in [4.78, 5) is 15.2. The van der Waals surface area contributed by atoms with Crippen molar-refractivity contribution in [2.75, 3.05) is 13.7 Å². The Morgan fingerprint density at radius 3 is 2.52 bits per heavy atom. The van der Waals surface area contributed by atoms with Gasteiger partial charge in [0.25, 0.3) is 0 Å². The number of nitrogens with one attached hydrogen (secondary N) is 1. The Bertz CT molecular complexity index is 1090. The molecule has 1 heterocycles. The van der Waals surface area contributed by atoms with Crippen molar-refractivity contribution in [1.29, 1.82) is 0 Å². The topological polar surface area (TPSA) is 41.6 Å². The van der Waals surface area contributed by atoms with Gasteiger partial charge >= 0.3 is 0 Å². The molecule has 172 valence electrons. The van der Waals surface area contributed by atoms with Crippen LogP contribution in [-0.4, -0.2) is 30.5 Å². The van der Waals surface area contributed by atoms with Crippen LogP contribution in [0.5, 0.6) is 5.75 Å². The summed E-state index contributed by atoms with van der Waals surface area (Å²) in [6, 6.07) is 19.9. The first-order chi connectivity index (χ1) is 16.0. The van der Waals surface area contributed by atoms with Gasteiger partial charge in [0.1, 0.15) is 11.6 Å². The van der Waals surface area contributed by atoms with Crippen molar-refractivity contribution in [2.45, 2.75) is 38.4 Å². The molecule has 1 N–H and O–H groups in total. The number of halogens is 2. The van der Waals surface area contributed by atoms with Crippen LogP contribution in [0.15, 0.2) is 66.7 Å². The monoisotopic (exact) mass is 466 g/mol. The second kappa shape index (κ2) is 10.8. The van der Waals surface area contributed by atoms with Gasteiger partial charge in [-0.3, -0.25) is 9.69 Å². The maximum Gasteiger partial charge on any atom is 0.237 e. The minimum Gasteiger partial charge on any atom is -0.496 e. The molecule has 0 radical (unpaired) electrons. The normalized spacial score (nSPS) is 16.4. The van der Waals surface area contributed by atoms with Gasteiger partial charge in [-0.1, -0.05) is 54.4 Å². The molecule has 1 atom stereocenters. The summed E-state index contributed by atoms with van der Waals surface area (Å²) in [6.45, 7) is 2.07. The fraction of sp³-hybridized carbons (Fsp3) is 0.296. The molecule has 0 spiro atoms. The van der Waals surface area contributed by atoms with Crippen molar-refractivity contribution < 1.29 is 13.9 Å². The van der Waals surface area contributed by atoms with E-state index in [0.29, 0.717) is 23.9 Å². The predicted molar refractivity (Wildman–Crippen MR) is 130 cm³/mol. The van der Waals surface area contributed by atoms with Crippen molar-refractivity contribution in [3.8, 4) is 16.9 Å². The summed E-state index contributed by atoms with van der Waals surface area (Å²) in [5.74, 6) is 0.402. The number of carbonyl (C=O) groups is 1. The zero-order chi connectivity index (χ0) is 23.2. The number of hydrogen-bond acceptors (Lipinski definition) is 3. The van der Waals surface area contributed by atoms with Crippen LogP contribution in [0, 0.1) is 5.82 Å².